The number of carbonyl (C=O) groups excluding carboxylic acids is 1. The number of hydrogen-bond acceptors (Lipinski definition) is 6. The number of amides is 1. The molecule has 6 nitrogen and oxygen atoms in total. The third-order valence-corrected chi connectivity index (χ3v) is 5.78. The molecule has 0 unspecified atom stereocenters. The molecule has 0 aliphatic rings. The highest BCUT2D eigenvalue weighted by Gasteiger charge is 2.25. The van der Waals surface area contributed by atoms with E-state index >= 15 is 0 Å². The summed E-state index contributed by atoms with van der Waals surface area (Å²) in [7, 11) is 0. The maximum absolute atomic E-state index is 12.0. The molecule has 0 saturated carbocycles. The molecule has 0 aliphatic heterocycles. The predicted molar refractivity (Wildman–Crippen MR) is 92.0 cm³/mol. The summed E-state index contributed by atoms with van der Waals surface area (Å²) < 4.78 is 0.332. The van der Waals surface area contributed by atoms with E-state index in [0.717, 1.165) is 23.1 Å². The van der Waals surface area contributed by atoms with Crippen LogP contribution in [0.15, 0.2) is 27.6 Å². The second-order valence-corrected chi connectivity index (χ2v) is 7.85. The van der Waals surface area contributed by atoms with E-state index in [4.69, 9.17) is 23.2 Å². The fraction of sp³-hybridized carbons (Fsp3) is 0.231. The van der Waals surface area contributed by atoms with Gasteiger partial charge in [-0.3, -0.25) is 19.9 Å². The minimum absolute atomic E-state index is 0.0659. The molecule has 0 atom stereocenters. The summed E-state index contributed by atoms with van der Waals surface area (Å²) in [6, 6.07) is 1.19. The van der Waals surface area contributed by atoms with Gasteiger partial charge in [0.1, 0.15) is 9.09 Å². The Hall–Kier alpha value is -1.35. The smallest absolute Gasteiger partial charge is 0.294 e. The molecule has 2 aromatic rings. The summed E-state index contributed by atoms with van der Waals surface area (Å²) in [5.41, 5.74) is -0.155. The Morgan fingerprint density at radius 3 is 2.52 bits per heavy atom. The van der Waals surface area contributed by atoms with Crippen molar-refractivity contribution >= 4 is 57.9 Å². The minimum atomic E-state index is -0.534. The maximum atomic E-state index is 12.0. The topological polar surface area (TPSA) is 85.1 Å². The Bertz CT molecular complexity index is 745. The van der Waals surface area contributed by atoms with Crippen molar-refractivity contribution in [1.29, 1.82) is 0 Å². The molecule has 1 N–H and O–H groups in total. The Morgan fingerprint density at radius 2 is 2.00 bits per heavy atom. The van der Waals surface area contributed by atoms with E-state index in [1.54, 1.807) is 0 Å². The molecule has 0 spiro atoms. The van der Waals surface area contributed by atoms with Crippen molar-refractivity contribution in [1.82, 2.24) is 10.3 Å². The zero-order chi connectivity index (χ0) is 17.1. The van der Waals surface area contributed by atoms with Crippen molar-refractivity contribution in [2.45, 2.75) is 29.0 Å². The second kappa shape index (κ2) is 7.48. The summed E-state index contributed by atoms with van der Waals surface area (Å²) in [6.07, 6.45) is 2.81. The molecule has 23 heavy (non-hydrogen) atoms. The van der Waals surface area contributed by atoms with Crippen LogP contribution in [-0.4, -0.2) is 21.9 Å². The molecule has 2 heterocycles. The standard InChI is InChI=1S/C13H11Cl2N3O3S2/c1-6(2)17-12(19)10-3-9(18(20)21)13(22-10)23-11-7(14)4-16-5-8(11)15/h3-6H,1-2H3,(H,17,19). The summed E-state index contributed by atoms with van der Waals surface area (Å²) in [5, 5.41) is 14.5. The van der Waals surface area contributed by atoms with E-state index in [1.807, 2.05) is 13.8 Å². The highest BCUT2D eigenvalue weighted by Crippen LogP contribution is 2.45. The van der Waals surface area contributed by atoms with Gasteiger partial charge in [-0.1, -0.05) is 35.0 Å². The summed E-state index contributed by atoms with van der Waals surface area (Å²) in [5.74, 6) is -0.355. The number of aromatic nitrogens is 1. The van der Waals surface area contributed by atoms with Crippen LogP contribution >= 0.6 is 46.3 Å². The van der Waals surface area contributed by atoms with Gasteiger partial charge >= 0.3 is 0 Å². The van der Waals surface area contributed by atoms with E-state index in [-0.39, 0.29) is 22.5 Å². The number of nitrogens with one attached hydrogen (secondary N) is 1. The average Bonchev–Trinajstić information content (AvgIpc) is 2.86. The maximum Gasteiger partial charge on any atom is 0.294 e. The molecule has 0 saturated heterocycles. The van der Waals surface area contributed by atoms with Crippen LogP contribution < -0.4 is 5.32 Å². The van der Waals surface area contributed by atoms with E-state index in [1.165, 1.54) is 18.5 Å². The van der Waals surface area contributed by atoms with Crippen LogP contribution in [0.5, 0.6) is 0 Å². The lowest BCUT2D eigenvalue weighted by molar-refractivity contribution is -0.387. The highest BCUT2D eigenvalue weighted by atomic mass is 35.5. The van der Waals surface area contributed by atoms with Gasteiger partial charge in [0, 0.05) is 24.5 Å². The van der Waals surface area contributed by atoms with E-state index < -0.39 is 4.92 Å². The van der Waals surface area contributed by atoms with Gasteiger partial charge in [0.2, 0.25) is 0 Å². The van der Waals surface area contributed by atoms with Crippen LogP contribution in [0.25, 0.3) is 0 Å². The summed E-state index contributed by atoms with van der Waals surface area (Å²) >= 11 is 14.1. The number of thiophene rings is 1. The van der Waals surface area contributed by atoms with Gasteiger partial charge in [-0.05, 0) is 13.8 Å². The molecular weight excluding hydrogens is 381 g/mol. The number of pyridine rings is 1. The van der Waals surface area contributed by atoms with Crippen LogP contribution in [0.1, 0.15) is 23.5 Å². The Morgan fingerprint density at radius 1 is 1.39 bits per heavy atom. The van der Waals surface area contributed by atoms with E-state index in [9.17, 15) is 14.9 Å². The van der Waals surface area contributed by atoms with Crippen LogP contribution in [-0.2, 0) is 0 Å². The summed E-state index contributed by atoms with van der Waals surface area (Å²) in [4.78, 5) is 27.3. The number of carbonyl (C=O) groups is 1. The number of nitro groups is 1. The molecule has 0 fully saturated rings. The van der Waals surface area contributed by atoms with Crippen molar-refractivity contribution < 1.29 is 9.72 Å². The monoisotopic (exact) mass is 391 g/mol. The van der Waals surface area contributed by atoms with Gasteiger partial charge in [-0.2, -0.15) is 0 Å². The average molecular weight is 392 g/mol. The first kappa shape index (κ1) is 18.0. The molecule has 10 heteroatoms. The zero-order valence-electron chi connectivity index (χ0n) is 12.0. The molecule has 0 aromatic carbocycles. The Balaban J connectivity index is 2.40. The quantitative estimate of drug-likeness (QED) is 0.592. The largest absolute Gasteiger partial charge is 0.349 e. The first-order chi connectivity index (χ1) is 10.8. The lowest BCUT2D eigenvalue weighted by Gasteiger charge is -2.05. The fourth-order valence-electron chi connectivity index (χ4n) is 1.60. The van der Waals surface area contributed by atoms with E-state index in [0.29, 0.717) is 19.1 Å². The lowest BCUT2D eigenvalue weighted by Crippen LogP contribution is -2.29. The molecule has 0 radical (unpaired) electrons. The predicted octanol–water partition coefficient (Wildman–Crippen LogP) is 4.65. The fourth-order valence-corrected chi connectivity index (χ4v) is 4.37. The van der Waals surface area contributed by atoms with Crippen LogP contribution in [0.2, 0.25) is 10.0 Å². The number of halogens is 2. The van der Waals surface area contributed by atoms with Gasteiger partial charge in [0.05, 0.1) is 19.9 Å². The number of nitrogens with zero attached hydrogens (tertiary/aromatic N) is 2. The van der Waals surface area contributed by atoms with Crippen molar-refractivity contribution in [3.8, 4) is 0 Å². The Labute approximate surface area is 150 Å². The summed E-state index contributed by atoms with van der Waals surface area (Å²) in [6.45, 7) is 3.62. The number of hydrogen-bond donors (Lipinski definition) is 1. The molecule has 2 aromatic heterocycles. The first-order valence-electron chi connectivity index (χ1n) is 6.35. The highest BCUT2D eigenvalue weighted by molar-refractivity contribution is 8.01. The zero-order valence-corrected chi connectivity index (χ0v) is 15.1. The third-order valence-electron chi connectivity index (χ3n) is 2.52. The first-order valence-corrected chi connectivity index (χ1v) is 8.74. The van der Waals surface area contributed by atoms with Gasteiger partial charge in [0.15, 0.2) is 0 Å². The van der Waals surface area contributed by atoms with Crippen molar-refractivity contribution in [3.63, 3.8) is 0 Å². The molecule has 0 bridgehead atoms. The number of rotatable bonds is 5. The molecular formula is C13H11Cl2N3O3S2. The van der Waals surface area contributed by atoms with Crippen molar-refractivity contribution in [2.75, 3.05) is 0 Å². The van der Waals surface area contributed by atoms with Crippen LogP contribution in [0, 0.1) is 10.1 Å². The minimum Gasteiger partial charge on any atom is -0.349 e. The van der Waals surface area contributed by atoms with Gasteiger partial charge in [-0.25, -0.2) is 0 Å². The van der Waals surface area contributed by atoms with Crippen LogP contribution in [0.3, 0.4) is 0 Å². The van der Waals surface area contributed by atoms with Crippen LogP contribution in [0.4, 0.5) is 5.69 Å². The van der Waals surface area contributed by atoms with E-state index in [2.05, 4.69) is 10.3 Å². The normalized spacial score (nSPS) is 10.8. The lowest BCUT2D eigenvalue weighted by atomic mass is 10.3. The van der Waals surface area contributed by atoms with Gasteiger partial charge in [0.25, 0.3) is 11.6 Å². The molecule has 2 rings (SSSR count). The molecule has 0 aliphatic carbocycles. The van der Waals surface area contributed by atoms with Gasteiger partial charge in [-0.15, -0.1) is 11.3 Å². The third kappa shape index (κ3) is 4.35. The van der Waals surface area contributed by atoms with Crippen molar-refractivity contribution in [3.05, 3.63) is 43.5 Å². The second-order valence-electron chi connectivity index (χ2n) is 4.70. The SMILES string of the molecule is CC(C)NC(=O)c1cc([N+](=O)[O-])c(Sc2c(Cl)cncc2Cl)s1. The van der Waals surface area contributed by atoms with Gasteiger partial charge < -0.3 is 5.32 Å². The van der Waals surface area contributed by atoms with Crippen molar-refractivity contribution in [2.24, 2.45) is 0 Å². The molecule has 122 valence electrons. The molecule has 1 amide bonds. The Kier molecular flexibility index (Phi) is 5.85.